The number of unbranched alkanes of at least 4 members (excludes halogenated alkanes) is 1. The molecule has 3 nitrogen and oxygen atoms in total. The Labute approximate surface area is 99.0 Å². The number of ether oxygens (including phenoxy) is 1. The molecule has 0 fully saturated rings. The van der Waals surface area contributed by atoms with Crippen LogP contribution in [0.5, 0.6) is 0 Å². The van der Waals surface area contributed by atoms with Crippen LogP contribution in [-0.2, 0) is 18.0 Å². The van der Waals surface area contributed by atoms with Crippen molar-refractivity contribution in [2.75, 3.05) is 6.61 Å². The first kappa shape index (κ1) is 13.2. The lowest BCUT2D eigenvalue weighted by Gasteiger charge is -2.03. The summed E-state index contributed by atoms with van der Waals surface area (Å²) >= 11 is 0. The van der Waals surface area contributed by atoms with Gasteiger partial charge in [0.15, 0.2) is 6.73 Å². The van der Waals surface area contributed by atoms with E-state index in [0.29, 0.717) is 6.73 Å². The maximum absolute atomic E-state index is 5.60. The van der Waals surface area contributed by atoms with Crippen LogP contribution in [0.2, 0.25) is 0 Å². The zero-order valence-electron chi connectivity index (χ0n) is 10.9. The van der Waals surface area contributed by atoms with Crippen LogP contribution in [0.25, 0.3) is 0 Å². The summed E-state index contributed by atoms with van der Waals surface area (Å²) in [6.07, 6.45) is 9.92. The predicted molar refractivity (Wildman–Crippen MR) is 64.9 cm³/mol. The standard InChI is InChI=1S/C13H25N2O/c1-4-5-7-14-8-9-15(11-14)12-16-10-6-13(2)3/h8-9,11,13H,4-7,10,12H2,1-3H3/q+1. The molecular weight excluding hydrogens is 200 g/mol. The quantitative estimate of drug-likeness (QED) is 0.491. The minimum absolute atomic E-state index is 0.672. The van der Waals surface area contributed by atoms with Crippen LogP contribution in [0.4, 0.5) is 0 Å². The van der Waals surface area contributed by atoms with E-state index in [1.54, 1.807) is 0 Å². The molecule has 0 spiro atoms. The molecule has 1 aromatic rings. The van der Waals surface area contributed by atoms with E-state index >= 15 is 0 Å². The molecule has 0 aromatic carbocycles. The van der Waals surface area contributed by atoms with Crippen LogP contribution >= 0.6 is 0 Å². The van der Waals surface area contributed by atoms with Gasteiger partial charge in [0.05, 0.1) is 13.2 Å². The maximum Gasteiger partial charge on any atom is 0.245 e. The molecule has 3 heteroatoms. The Hall–Kier alpha value is -0.830. The number of rotatable bonds is 8. The van der Waals surface area contributed by atoms with Gasteiger partial charge in [0, 0.05) is 0 Å². The van der Waals surface area contributed by atoms with Crippen molar-refractivity contribution >= 4 is 0 Å². The number of imidazole rings is 1. The van der Waals surface area contributed by atoms with Gasteiger partial charge < -0.3 is 4.74 Å². The highest BCUT2D eigenvalue weighted by Crippen LogP contribution is 1.98. The molecule has 0 aliphatic carbocycles. The van der Waals surface area contributed by atoms with Gasteiger partial charge in [-0.1, -0.05) is 27.2 Å². The zero-order chi connectivity index (χ0) is 11.8. The molecule has 92 valence electrons. The summed E-state index contributed by atoms with van der Waals surface area (Å²) in [4.78, 5) is 0. The highest BCUT2D eigenvalue weighted by molar-refractivity contribution is 4.65. The molecular formula is C13H25N2O+. The highest BCUT2D eigenvalue weighted by atomic mass is 16.5. The average molecular weight is 225 g/mol. The van der Waals surface area contributed by atoms with Crippen LogP contribution in [0.15, 0.2) is 18.7 Å². The number of aromatic nitrogens is 2. The van der Waals surface area contributed by atoms with Crippen LogP contribution in [0.1, 0.15) is 40.0 Å². The van der Waals surface area contributed by atoms with Gasteiger partial charge in [-0.3, -0.25) is 0 Å². The van der Waals surface area contributed by atoms with E-state index in [-0.39, 0.29) is 0 Å². The molecule has 0 bridgehead atoms. The van der Waals surface area contributed by atoms with Crippen molar-refractivity contribution in [2.24, 2.45) is 5.92 Å². The molecule has 0 aliphatic rings. The Balaban J connectivity index is 2.19. The Morgan fingerprint density at radius 1 is 1.38 bits per heavy atom. The third-order valence-electron chi connectivity index (χ3n) is 2.60. The maximum atomic E-state index is 5.60. The normalized spacial score (nSPS) is 11.2. The fourth-order valence-electron chi connectivity index (χ4n) is 1.48. The average Bonchev–Trinajstić information content (AvgIpc) is 2.69. The van der Waals surface area contributed by atoms with Gasteiger partial charge in [-0.05, 0) is 18.8 Å². The number of hydrogen-bond donors (Lipinski definition) is 0. The minimum Gasteiger partial charge on any atom is -0.342 e. The van der Waals surface area contributed by atoms with Gasteiger partial charge in [-0.25, -0.2) is 9.13 Å². The number of nitrogens with zero attached hydrogens (tertiary/aromatic N) is 2. The van der Waals surface area contributed by atoms with E-state index in [1.165, 1.54) is 12.8 Å². The largest absolute Gasteiger partial charge is 0.342 e. The monoisotopic (exact) mass is 225 g/mol. The summed E-state index contributed by atoms with van der Waals surface area (Å²) in [5, 5.41) is 0. The second-order valence-electron chi connectivity index (χ2n) is 4.74. The summed E-state index contributed by atoms with van der Waals surface area (Å²) in [6.45, 7) is 9.29. The third-order valence-corrected chi connectivity index (χ3v) is 2.60. The molecule has 0 saturated carbocycles. The second kappa shape index (κ2) is 7.44. The van der Waals surface area contributed by atoms with Crippen molar-refractivity contribution in [2.45, 2.75) is 53.3 Å². The summed E-state index contributed by atoms with van der Waals surface area (Å²) in [5.74, 6) is 0.721. The summed E-state index contributed by atoms with van der Waals surface area (Å²) < 4.78 is 9.91. The van der Waals surface area contributed by atoms with Gasteiger partial charge in [-0.2, -0.15) is 0 Å². The highest BCUT2D eigenvalue weighted by Gasteiger charge is 2.02. The molecule has 0 radical (unpaired) electrons. The molecule has 0 aliphatic heterocycles. The van der Waals surface area contributed by atoms with Crippen LogP contribution in [0.3, 0.4) is 0 Å². The molecule has 0 unspecified atom stereocenters. The van der Waals surface area contributed by atoms with Crippen LogP contribution in [-0.4, -0.2) is 11.2 Å². The lowest BCUT2D eigenvalue weighted by Crippen LogP contribution is -2.32. The first-order valence-corrected chi connectivity index (χ1v) is 6.35. The molecule has 1 rings (SSSR count). The molecule has 0 amide bonds. The molecule has 0 N–H and O–H groups in total. The van der Waals surface area contributed by atoms with Crippen molar-refractivity contribution in [3.8, 4) is 0 Å². The van der Waals surface area contributed by atoms with Crippen molar-refractivity contribution in [3.63, 3.8) is 0 Å². The van der Waals surface area contributed by atoms with Gasteiger partial charge in [0.25, 0.3) is 0 Å². The van der Waals surface area contributed by atoms with E-state index < -0.39 is 0 Å². The van der Waals surface area contributed by atoms with Gasteiger partial charge in [0.2, 0.25) is 6.33 Å². The first-order valence-electron chi connectivity index (χ1n) is 6.35. The smallest absolute Gasteiger partial charge is 0.245 e. The molecule has 1 aromatic heterocycles. The predicted octanol–water partition coefficient (Wildman–Crippen LogP) is 2.60. The Kier molecular flexibility index (Phi) is 6.16. The van der Waals surface area contributed by atoms with Gasteiger partial charge >= 0.3 is 0 Å². The van der Waals surface area contributed by atoms with Crippen LogP contribution < -0.4 is 4.57 Å². The van der Waals surface area contributed by atoms with E-state index in [2.05, 4.69) is 48.6 Å². The van der Waals surface area contributed by atoms with Crippen molar-refractivity contribution in [3.05, 3.63) is 18.7 Å². The van der Waals surface area contributed by atoms with E-state index in [0.717, 1.165) is 25.5 Å². The van der Waals surface area contributed by atoms with Gasteiger partial charge in [-0.15, -0.1) is 0 Å². The van der Waals surface area contributed by atoms with Gasteiger partial charge in [0.1, 0.15) is 12.4 Å². The Bertz CT molecular complexity index is 281. The molecule has 1 heterocycles. The third kappa shape index (κ3) is 5.31. The van der Waals surface area contributed by atoms with Crippen LogP contribution in [0, 0.1) is 5.92 Å². The lowest BCUT2D eigenvalue weighted by molar-refractivity contribution is -0.732. The lowest BCUT2D eigenvalue weighted by atomic mass is 10.1. The Morgan fingerprint density at radius 3 is 2.88 bits per heavy atom. The van der Waals surface area contributed by atoms with Crippen molar-refractivity contribution in [1.82, 2.24) is 4.57 Å². The summed E-state index contributed by atoms with van der Waals surface area (Å²) in [5.41, 5.74) is 0. The fourth-order valence-corrected chi connectivity index (χ4v) is 1.48. The summed E-state index contributed by atoms with van der Waals surface area (Å²) in [7, 11) is 0. The Morgan fingerprint density at radius 2 is 2.19 bits per heavy atom. The fraction of sp³-hybridized carbons (Fsp3) is 0.769. The van der Waals surface area contributed by atoms with Crippen molar-refractivity contribution in [1.29, 1.82) is 0 Å². The molecule has 0 saturated heterocycles. The topological polar surface area (TPSA) is 18.0 Å². The molecule has 16 heavy (non-hydrogen) atoms. The second-order valence-corrected chi connectivity index (χ2v) is 4.74. The summed E-state index contributed by atoms with van der Waals surface area (Å²) in [6, 6.07) is 0. The zero-order valence-corrected chi connectivity index (χ0v) is 10.9. The minimum atomic E-state index is 0.672. The van der Waals surface area contributed by atoms with E-state index in [9.17, 15) is 0 Å². The van der Waals surface area contributed by atoms with E-state index in [4.69, 9.17) is 4.74 Å². The SMILES string of the molecule is CCCCn1cc[n+](COCCC(C)C)c1. The number of aryl methyl sites for hydroxylation is 1. The van der Waals surface area contributed by atoms with Crippen molar-refractivity contribution < 1.29 is 9.30 Å². The van der Waals surface area contributed by atoms with E-state index in [1.807, 2.05) is 0 Å². The number of hydrogen-bond acceptors (Lipinski definition) is 1. The first-order chi connectivity index (χ1) is 7.72. The molecule has 0 atom stereocenters.